The van der Waals surface area contributed by atoms with Gasteiger partial charge in [-0.05, 0) is 19.8 Å². The predicted octanol–water partition coefficient (Wildman–Crippen LogP) is 1.25. The molecule has 1 aliphatic rings. The fraction of sp³-hybridized carbons (Fsp3) is 0.583. The SMILES string of the molecule is Cc1cc(N2C[C@@H](C)[C@H](C(=O)O)C2)nc(C)n1. The van der Waals surface area contributed by atoms with Gasteiger partial charge in [-0.3, -0.25) is 4.79 Å². The molecule has 2 rings (SSSR count). The first-order valence-corrected chi connectivity index (χ1v) is 5.77. The van der Waals surface area contributed by atoms with Gasteiger partial charge in [0.25, 0.3) is 0 Å². The summed E-state index contributed by atoms with van der Waals surface area (Å²) in [7, 11) is 0. The molecule has 0 amide bonds. The van der Waals surface area contributed by atoms with Crippen LogP contribution in [-0.2, 0) is 4.79 Å². The molecule has 0 unspecified atom stereocenters. The van der Waals surface area contributed by atoms with Crippen LogP contribution in [0.15, 0.2) is 6.07 Å². The smallest absolute Gasteiger partial charge is 0.308 e. The van der Waals surface area contributed by atoms with Crippen LogP contribution in [0.2, 0.25) is 0 Å². The molecule has 0 aromatic carbocycles. The van der Waals surface area contributed by atoms with Gasteiger partial charge in [-0.2, -0.15) is 0 Å². The molecule has 1 saturated heterocycles. The Kier molecular flexibility index (Phi) is 3.00. The van der Waals surface area contributed by atoms with Crippen molar-refractivity contribution in [3.63, 3.8) is 0 Å². The molecule has 0 radical (unpaired) electrons. The maximum atomic E-state index is 11.1. The normalized spacial score (nSPS) is 24.1. The van der Waals surface area contributed by atoms with Gasteiger partial charge in [0.1, 0.15) is 11.6 Å². The largest absolute Gasteiger partial charge is 0.481 e. The summed E-state index contributed by atoms with van der Waals surface area (Å²) in [6.45, 7) is 7.02. The van der Waals surface area contributed by atoms with Gasteiger partial charge in [0.05, 0.1) is 5.92 Å². The lowest BCUT2D eigenvalue weighted by atomic mass is 9.99. The van der Waals surface area contributed by atoms with Gasteiger partial charge >= 0.3 is 5.97 Å². The maximum Gasteiger partial charge on any atom is 0.308 e. The van der Waals surface area contributed by atoms with Crippen molar-refractivity contribution >= 4 is 11.8 Å². The van der Waals surface area contributed by atoms with Crippen molar-refractivity contribution in [2.45, 2.75) is 20.8 Å². The molecule has 17 heavy (non-hydrogen) atoms. The standard InChI is InChI=1S/C12H17N3O2/c1-7-5-15(6-10(7)12(16)17)11-4-8(2)13-9(3)14-11/h4,7,10H,5-6H2,1-3H3,(H,16,17)/t7-,10-/m1/s1. The molecule has 5 nitrogen and oxygen atoms in total. The molecule has 5 heteroatoms. The summed E-state index contributed by atoms with van der Waals surface area (Å²) < 4.78 is 0. The van der Waals surface area contributed by atoms with Gasteiger partial charge < -0.3 is 10.0 Å². The zero-order chi connectivity index (χ0) is 12.6. The third kappa shape index (κ3) is 2.38. The number of carboxylic acid groups (broad SMARTS) is 1. The number of carbonyl (C=O) groups is 1. The first-order valence-electron chi connectivity index (χ1n) is 5.77. The van der Waals surface area contributed by atoms with Crippen LogP contribution >= 0.6 is 0 Å². The number of carboxylic acids is 1. The molecule has 92 valence electrons. The van der Waals surface area contributed by atoms with E-state index in [2.05, 4.69) is 9.97 Å². The number of aliphatic carboxylic acids is 1. The minimum absolute atomic E-state index is 0.156. The van der Waals surface area contributed by atoms with Gasteiger partial charge in [0.2, 0.25) is 0 Å². The Bertz CT molecular complexity index is 427. The molecule has 2 heterocycles. The summed E-state index contributed by atoms with van der Waals surface area (Å²) >= 11 is 0. The van der Waals surface area contributed by atoms with Crippen LogP contribution in [0.5, 0.6) is 0 Å². The number of anilines is 1. The van der Waals surface area contributed by atoms with Crippen molar-refractivity contribution in [1.82, 2.24) is 9.97 Å². The quantitative estimate of drug-likeness (QED) is 0.835. The van der Waals surface area contributed by atoms with Gasteiger partial charge in [0.15, 0.2) is 0 Å². The van der Waals surface area contributed by atoms with Crippen LogP contribution in [0.1, 0.15) is 18.4 Å². The Morgan fingerprint density at radius 3 is 2.65 bits per heavy atom. The van der Waals surface area contributed by atoms with E-state index in [9.17, 15) is 4.79 Å². The second kappa shape index (κ2) is 4.31. The van der Waals surface area contributed by atoms with E-state index in [-0.39, 0.29) is 11.8 Å². The van der Waals surface area contributed by atoms with Crippen molar-refractivity contribution in [2.24, 2.45) is 11.8 Å². The summed E-state index contributed by atoms with van der Waals surface area (Å²) in [5, 5.41) is 9.10. The Hall–Kier alpha value is -1.65. The van der Waals surface area contributed by atoms with Crippen LogP contribution in [0.3, 0.4) is 0 Å². The topological polar surface area (TPSA) is 66.3 Å². The first kappa shape index (κ1) is 11.8. The van der Waals surface area contributed by atoms with Gasteiger partial charge in [0, 0.05) is 24.8 Å². The number of rotatable bonds is 2. The van der Waals surface area contributed by atoms with E-state index in [0.717, 1.165) is 23.9 Å². The highest BCUT2D eigenvalue weighted by molar-refractivity contribution is 5.72. The fourth-order valence-electron chi connectivity index (χ4n) is 2.33. The number of hydrogen-bond donors (Lipinski definition) is 1. The minimum Gasteiger partial charge on any atom is -0.481 e. The highest BCUT2D eigenvalue weighted by Crippen LogP contribution is 2.27. The lowest BCUT2D eigenvalue weighted by molar-refractivity contribution is -0.142. The monoisotopic (exact) mass is 235 g/mol. The molecule has 0 bridgehead atoms. The molecule has 1 fully saturated rings. The average molecular weight is 235 g/mol. The van der Waals surface area contributed by atoms with E-state index < -0.39 is 5.97 Å². The molecule has 2 atom stereocenters. The summed E-state index contributed by atoms with van der Waals surface area (Å²) in [6, 6.07) is 1.91. The van der Waals surface area contributed by atoms with E-state index >= 15 is 0 Å². The lowest BCUT2D eigenvalue weighted by Gasteiger charge is -2.17. The van der Waals surface area contributed by atoms with Crippen molar-refractivity contribution in [1.29, 1.82) is 0 Å². The molecule has 1 aromatic rings. The zero-order valence-corrected chi connectivity index (χ0v) is 10.3. The van der Waals surface area contributed by atoms with Crippen molar-refractivity contribution in [2.75, 3.05) is 18.0 Å². The summed E-state index contributed by atoms with van der Waals surface area (Å²) in [5.41, 5.74) is 0.916. The highest BCUT2D eigenvalue weighted by atomic mass is 16.4. The third-order valence-corrected chi connectivity index (χ3v) is 3.21. The van der Waals surface area contributed by atoms with Crippen molar-refractivity contribution in [3.05, 3.63) is 17.6 Å². The van der Waals surface area contributed by atoms with Gasteiger partial charge in [-0.1, -0.05) is 6.92 Å². The Labute approximate surface area is 100 Å². The molecule has 0 spiro atoms. The second-order valence-electron chi connectivity index (χ2n) is 4.74. The molecule has 0 saturated carbocycles. The zero-order valence-electron chi connectivity index (χ0n) is 10.3. The molecular formula is C12H17N3O2. The average Bonchev–Trinajstić information content (AvgIpc) is 2.59. The maximum absolute atomic E-state index is 11.1. The number of aromatic nitrogens is 2. The van der Waals surface area contributed by atoms with Crippen molar-refractivity contribution in [3.8, 4) is 0 Å². The van der Waals surface area contributed by atoms with E-state index in [0.29, 0.717) is 6.54 Å². The van der Waals surface area contributed by atoms with Crippen LogP contribution in [0.25, 0.3) is 0 Å². The van der Waals surface area contributed by atoms with E-state index in [1.54, 1.807) is 0 Å². The number of hydrogen-bond acceptors (Lipinski definition) is 4. The Balaban J connectivity index is 2.22. The van der Waals surface area contributed by atoms with Crippen LogP contribution in [-0.4, -0.2) is 34.1 Å². The summed E-state index contributed by atoms with van der Waals surface area (Å²) in [4.78, 5) is 21.7. The Morgan fingerprint density at radius 1 is 1.41 bits per heavy atom. The first-order chi connectivity index (χ1) is 7.97. The van der Waals surface area contributed by atoms with E-state index in [1.165, 1.54) is 0 Å². The predicted molar refractivity (Wildman–Crippen MR) is 64.0 cm³/mol. The molecule has 1 aliphatic heterocycles. The number of aryl methyl sites for hydroxylation is 2. The molecule has 0 aliphatic carbocycles. The van der Waals surface area contributed by atoms with Crippen molar-refractivity contribution < 1.29 is 9.90 Å². The van der Waals surface area contributed by atoms with E-state index in [4.69, 9.17) is 5.11 Å². The van der Waals surface area contributed by atoms with Crippen LogP contribution in [0, 0.1) is 25.7 Å². The minimum atomic E-state index is -0.720. The molecule has 1 aromatic heterocycles. The molecular weight excluding hydrogens is 218 g/mol. The van der Waals surface area contributed by atoms with Crippen LogP contribution < -0.4 is 4.90 Å². The summed E-state index contributed by atoms with van der Waals surface area (Å²) in [5.74, 6) is 0.702. The van der Waals surface area contributed by atoms with Gasteiger partial charge in [-0.15, -0.1) is 0 Å². The highest BCUT2D eigenvalue weighted by Gasteiger charge is 2.35. The molecule has 1 N–H and O–H groups in total. The van der Waals surface area contributed by atoms with E-state index in [1.807, 2.05) is 31.7 Å². The lowest BCUT2D eigenvalue weighted by Crippen LogP contribution is -2.24. The third-order valence-electron chi connectivity index (χ3n) is 3.21. The summed E-state index contributed by atoms with van der Waals surface area (Å²) in [6.07, 6.45) is 0. The Morgan fingerprint density at radius 2 is 2.12 bits per heavy atom. The second-order valence-corrected chi connectivity index (χ2v) is 4.74. The van der Waals surface area contributed by atoms with Gasteiger partial charge in [-0.25, -0.2) is 9.97 Å². The fourth-order valence-corrected chi connectivity index (χ4v) is 2.33. The van der Waals surface area contributed by atoms with Crippen LogP contribution in [0.4, 0.5) is 5.82 Å². The number of nitrogens with zero attached hydrogens (tertiary/aromatic N) is 3.